The highest BCUT2D eigenvalue weighted by Gasteiger charge is 2.37. The highest BCUT2D eigenvalue weighted by Crippen LogP contribution is 2.24. The van der Waals surface area contributed by atoms with Crippen molar-refractivity contribution in [2.24, 2.45) is 0 Å². The van der Waals surface area contributed by atoms with Gasteiger partial charge in [0.25, 0.3) is 0 Å². The molecule has 1 saturated heterocycles. The molecule has 2 rings (SSSR count). The number of nitrogens with two attached hydrogens (primary N) is 1. The van der Waals surface area contributed by atoms with Gasteiger partial charge in [0.05, 0.1) is 28.7 Å². The van der Waals surface area contributed by atoms with Crippen LogP contribution in [-0.4, -0.2) is 43.0 Å². The number of amides is 1. The lowest BCUT2D eigenvalue weighted by molar-refractivity contribution is -0.119. The largest absolute Gasteiger partial charge is 0.399 e. The van der Waals surface area contributed by atoms with Gasteiger partial charge in [-0.3, -0.25) is 4.79 Å². The molecular formula is C13H17ClN2O3S2. The maximum atomic E-state index is 11.9. The number of thioether (sulfide) groups is 1. The Morgan fingerprint density at radius 2 is 2.19 bits per heavy atom. The third-order valence-electron chi connectivity index (χ3n) is 3.19. The Kier molecular flexibility index (Phi) is 5.06. The second-order valence-electron chi connectivity index (χ2n) is 5.08. The van der Waals surface area contributed by atoms with E-state index in [0.717, 1.165) is 10.5 Å². The Morgan fingerprint density at radius 1 is 1.48 bits per heavy atom. The van der Waals surface area contributed by atoms with Gasteiger partial charge in [-0.25, -0.2) is 8.42 Å². The first-order valence-corrected chi connectivity index (χ1v) is 9.64. The van der Waals surface area contributed by atoms with Crippen molar-refractivity contribution < 1.29 is 13.2 Å². The summed E-state index contributed by atoms with van der Waals surface area (Å²) in [5.41, 5.74) is 7.36. The molecule has 8 heteroatoms. The van der Waals surface area contributed by atoms with Crippen molar-refractivity contribution in [2.75, 3.05) is 23.0 Å². The number of alkyl halides is 1. The molecular weight excluding hydrogens is 332 g/mol. The van der Waals surface area contributed by atoms with Crippen LogP contribution in [0.4, 0.5) is 5.69 Å². The zero-order chi connectivity index (χ0) is 15.6. The Morgan fingerprint density at radius 3 is 2.76 bits per heavy atom. The molecule has 1 amide bonds. The number of benzene rings is 1. The summed E-state index contributed by atoms with van der Waals surface area (Å²) >= 11 is 7.34. The van der Waals surface area contributed by atoms with E-state index < -0.39 is 21.3 Å². The van der Waals surface area contributed by atoms with Gasteiger partial charge in [-0.15, -0.1) is 23.4 Å². The van der Waals surface area contributed by atoms with Crippen molar-refractivity contribution >= 4 is 44.8 Å². The zero-order valence-electron chi connectivity index (χ0n) is 11.5. The van der Waals surface area contributed by atoms with Gasteiger partial charge in [-0.2, -0.15) is 0 Å². The SMILES string of the molecule is Cc1cc(N)ccc1SCC(=O)NC1CS(=O)(=O)CC1Cl. The standard InChI is InChI=1S/C13H17ClN2O3S2/c1-8-4-9(15)2-3-12(8)20-5-13(17)16-11-7-21(18,19)6-10(11)14/h2-4,10-11H,5-7,15H2,1H3,(H,16,17). The summed E-state index contributed by atoms with van der Waals surface area (Å²) in [6.45, 7) is 1.93. The number of hydrogen-bond acceptors (Lipinski definition) is 5. The summed E-state index contributed by atoms with van der Waals surface area (Å²) in [5, 5.41) is 2.14. The molecule has 1 aliphatic rings. The van der Waals surface area contributed by atoms with E-state index in [1.807, 2.05) is 19.1 Å². The molecule has 1 aromatic carbocycles. The van der Waals surface area contributed by atoms with Gasteiger partial charge in [0.2, 0.25) is 5.91 Å². The van der Waals surface area contributed by atoms with Crippen molar-refractivity contribution in [3.8, 4) is 0 Å². The molecule has 0 saturated carbocycles. The lowest BCUT2D eigenvalue weighted by Crippen LogP contribution is -2.41. The quantitative estimate of drug-likeness (QED) is 0.484. The first-order valence-electron chi connectivity index (χ1n) is 6.39. The Bertz CT molecular complexity index is 649. The first kappa shape index (κ1) is 16.5. The fraction of sp³-hybridized carbons (Fsp3) is 0.462. The van der Waals surface area contributed by atoms with Crippen LogP contribution in [0.5, 0.6) is 0 Å². The average molecular weight is 349 g/mol. The number of carbonyl (C=O) groups excluding carboxylic acids is 1. The van der Waals surface area contributed by atoms with Crippen molar-refractivity contribution in [3.05, 3.63) is 23.8 Å². The number of halogens is 1. The maximum absolute atomic E-state index is 11.9. The van der Waals surface area contributed by atoms with Gasteiger partial charge < -0.3 is 11.1 Å². The van der Waals surface area contributed by atoms with Crippen LogP contribution in [0.2, 0.25) is 0 Å². The van der Waals surface area contributed by atoms with E-state index in [1.165, 1.54) is 11.8 Å². The van der Waals surface area contributed by atoms with Crippen LogP contribution in [0.15, 0.2) is 23.1 Å². The van der Waals surface area contributed by atoms with Crippen LogP contribution in [0.25, 0.3) is 0 Å². The molecule has 0 radical (unpaired) electrons. The summed E-state index contributed by atoms with van der Waals surface area (Å²) in [6, 6.07) is 4.99. The topological polar surface area (TPSA) is 89.3 Å². The molecule has 0 aromatic heterocycles. The summed E-state index contributed by atoms with van der Waals surface area (Å²) in [7, 11) is -3.14. The van der Waals surface area contributed by atoms with E-state index >= 15 is 0 Å². The molecule has 1 aliphatic heterocycles. The predicted molar refractivity (Wildman–Crippen MR) is 86.5 cm³/mol. The fourth-order valence-electron chi connectivity index (χ4n) is 2.16. The predicted octanol–water partition coefficient (Wildman–Crippen LogP) is 1.19. The summed E-state index contributed by atoms with van der Waals surface area (Å²) in [6.07, 6.45) is 0. The molecule has 21 heavy (non-hydrogen) atoms. The van der Waals surface area contributed by atoms with E-state index in [2.05, 4.69) is 5.32 Å². The number of nitrogen functional groups attached to an aromatic ring is 1. The first-order chi connectivity index (χ1) is 9.77. The smallest absolute Gasteiger partial charge is 0.230 e. The molecule has 0 spiro atoms. The van der Waals surface area contributed by atoms with E-state index in [0.29, 0.717) is 5.69 Å². The van der Waals surface area contributed by atoms with Crippen molar-refractivity contribution in [2.45, 2.75) is 23.2 Å². The molecule has 5 nitrogen and oxygen atoms in total. The number of carbonyl (C=O) groups is 1. The second kappa shape index (κ2) is 6.46. The average Bonchev–Trinajstić information content (AvgIpc) is 2.61. The van der Waals surface area contributed by atoms with Crippen LogP contribution >= 0.6 is 23.4 Å². The van der Waals surface area contributed by atoms with Crippen LogP contribution in [0.3, 0.4) is 0 Å². The second-order valence-corrected chi connectivity index (χ2v) is 8.81. The summed E-state index contributed by atoms with van der Waals surface area (Å²) in [5.74, 6) is -0.170. The van der Waals surface area contributed by atoms with Gasteiger partial charge in [-0.05, 0) is 30.7 Å². The van der Waals surface area contributed by atoms with Gasteiger partial charge >= 0.3 is 0 Å². The highest BCUT2D eigenvalue weighted by molar-refractivity contribution is 8.00. The third kappa shape index (κ3) is 4.52. The van der Waals surface area contributed by atoms with E-state index in [9.17, 15) is 13.2 Å². The third-order valence-corrected chi connectivity index (χ3v) is 6.74. The van der Waals surface area contributed by atoms with Gasteiger partial charge in [0.1, 0.15) is 0 Å². The Hall–Kier alpha value is -0.920. The molecule has 1 heterocycles. The monoisotopic (exact) mass is 348 g/mol. The van der Waals surface area contributed by atoms with Crippen LogP contribution in [0.1, 0.15) is 5.56 Å². The van der Waals surface area contributed by atoms with E-state index in [1.54, 1.807) is 6.07 Å². The number of hydrogen-bond donors (Lipinski definition) is 2. The fourth-order valence-corrected chi connectivity index (χ4v) is 5.53. The molecule has 2 atom stereocenters. The Labute approximate surface area is 133 Å². The van der Waals surface area contributed by atoms with E-state index in [-0.39, 0.29) is 23.2 Å². The normalized spacial score (nSPS) is 23.9. The van der Waals surface area contributed by atoms with Crippen molar-refractivity contribution in [3.63, 3.8) is 0 Å². The Balaban J connectivity index is 1.88. The summed E-state index contributed by atoms with van der Waals surface area (Å²) < 4.78 is 22.9. The lowest BCUT2D eigenvalue weighted by atomic mass is 10.2. The molecule has 1 fully saturated rings. The van der Waals surface area contributed by atoms with Gasteiger partial charge in [-0.1, -0.05) is 0 Å². The molecule has 0 aliphatic carbocycles. The molecule has 116 valence electrons. The van der Waals surface area contributed by atoms with Gasteiger partial charge in [0.15, 0.2) is 9.84 Å². The summed E-state index contributed by atoms with van der Waals surface area (Å²) in [4.78, 5) is 12.9. The van der Waals surface area contributed by atoms with Crippen LogP contribution in [-0.2, 0) is 14.6 Å². The zero-order valence-corrected chi connectivity index (χ0v) is 13.9. The van der Waals surface area contributed by atoms with Crippen LogP contribution < -0.4 is 11.1 Å². The highest BCUT2D eigenvalue weighted by atomic mass is 35.5. The minimum atomic E-state index is -3.14. The lowest BCUT2D eigenvalue weighted by Gasteiger charge is -2.14. The number of nitrogens with one attached hydrogen (secondary N) is 1. The minimum absolute atomic E-state index is 0.0796. The molecule has 1 aromatic rings. The molecule has 3 N–H and O–H groups in total. The number of aryl methyl sites for hydroxylation is 1. The van der Waals surface area contributed by atoms with Gasteiger partial charge in [0, 0.05) is 10.6 Å². The molecule has 2 unspecified atom stereocenters. The van der Waals surface area contributed by atoms with Crippen LogP contribution in [0, 0.1) is 6.92 Å². The number of anilines is 1. The van der Waals surface area contributed by atoms with Crippen molar-refractivity contribution in [1.29, 1.82) is 0 Å². The number of rotatable bonds is 4. The van der Waals surface area contributed by atoms with E-state index in [4.69, 9.17) is 17.3 Å². The molecule has 0 bridgehead atoms. The maximum Gasteiger partial charge on any atom is 0.230 e. The minimum Gasteiger partial charge on any atom is -0.399 e. The number of sulfone groups is 1. The van der Waals surface area contributed by atoms with Crippen molar-refractivity contribution in [1.82, 2.24) is 5.32 Å².